The van der Waals surface area contributed by atoms with E-state index in [-0.39, 0.29) is 5.75 Å². The van der Waals surface area contributed by atoms with Gasteiger partial charge < -0.3 is 9.84 Å². The topological polar surface area (TPSA) is 29.5 Å². The Morgan fingerprint density at radius 3 is 1.36 bits per heavy atom. The van der Waals surface area contributed by atoms with Gasteiger partial charge in [-0.05, 0) is 46.5 Å². The average Bonchev–Trinajstić information content (AvgIpc) is 2.77. The number of hydrogen-bond acceptors (Lipinski definition) is 2. The highest BCUT2D eigenvalue weighted by Gasteiger charge is 2.38. The van der Waals surface area contributed by atoms with Crippen molar-refractivity contribution in [2.75, 3.05) is 7.11 Å². The summed E-state index contributed by atoms with van der Waals surface area (Å²) in [5.41, 5.74) is 4.04. The van der Waals surface area contributed by atoms with Crippen molar-refractivity contribution in [3.05, 3.63) is 131 Å². The second-order valence-corrected chi connectivity index (χ2v) is 6.76. The Labute approximate surface area is 165 Å². The van der Waals surface area contributed by atoms with Gasteiger partial charge in [0, 0.05) is 0 Å². The summed E-state index contributed by atoms with van der Waals surface area (Å²) in [6, 6.07) is 36.7. The molecule has 0 atom stereocenters. The molecule has 0 heterocycles. The zero-order valence-electron chi connectivity index (χ0n) is 15.7. The van der Waals surface area contributed by atoms with Crippen LogP contribution in [0.3, 0.4) is 0 Å². The van der Waals surface area contributed by atoms with Gasteiger partial charge in [0.05, 0.1) is 12.5 Å². The molecule has 4 rings (SSSR count). The van der Waals surface area contributed by atoms with Crippen LogP contribution in [0.5, 0.6) is 11.5 Å². The standard InChI is InChI=1S/C26H22O2/c1-28-25-18-14-23(15-19-25)26(20-8-4-2-5-9-20,21-10-6-3-7-11-21)22-12-16-24(27)17-13-22/h2-19,27H,1H3. The minimum absolute atomic E-state index is 0.258. The van der Waals surface area contributed by atoms with E-state index in [0.717, 1.165) is 28.0 Å². The van der Waals surface area contributed by atoms with Gasteiger partial charge in [0.1, 0.15) is 11.5 Å². The van der Waals surface area contributed by atoms with Gasteiger partial charge in [0.25, 0.3) is 0 Å². The molecule has 0 spiro atoms. The average molecular weight is 366 g/mol. The number of aromatic hydroxyl groups is 1. The van der Waals surface area contributed by atoms with E-state index in [1.54, 1.807) is 19.2 Å². The fraction of sp³-hybridized carbons (Fsp3) is 0.0769. The van der Waals surface area contributed by atoms with Crippen LogP contribution in [0.4, 0.5) is 0 Å². The molecule has 28 heavy (non-hydrogen) atoms. The van der Waals surface area contributed by atoms with E-state index in [1.807, 2.05) is 36.4 Å². The molecule has 0 amide bonds. The summed E-state index contributed by atoms with van der Waals surface area (Å²) in [7, 11) is 1.68. The van der Waals surface area contributed by atoms with Crippen LogP contribution in [-0.4, -0.2) is 12.2 Å². The van der Waals surface area contributed by atoms with E-state index >= 15 is 0 Å². The number of rotatable bonds is 5. The number of benzene rings is 4. The van der Waals surface area contributed by atoms with E-state index in [0.29, 0.717) is 0 Å². The Kier molecular flexibility index (Phi) is 4.86. The van der Waals surface area contributed by atoms with Crippen molar-refractivity contribution in [3.8, 4) is 11.5 Å². The fourth-order valence-electron chi connectivity index (χ4n) is 3.93. The fourth-order valence-corrected chi connectivity index (χ4v) is 3.93. The van der Waals surface area contributed by atoms with Crippen molar-refractivity contribution >= 4 is 0 Å². The summed E-state index contributed by atoms with van der Waals surface area (Å²) in [5.74, 6) is 1.08. The summed E-state index contributed by atoms with van der Waals surface area (Å²) in [6.45, 7) is 0. The van der Waals surface area contributed by atoms with E-state index in [2.05, 4.69) is 60.7 Å². The lowest BCUT2D eigenvalue weighted by Crippen LogP contribution is -2.30. The van der Waals surface area contributed by atoms with Gasteiger partial charge >= 0.3 is 0 Å². The summed E-state index contributed by atoms with van der Waals surface area (Å²) >= 11 is 0. The molecule has 0 unspecified atom stereocenters. The zero-order valence-corrected chi connectivity index (χ0v) is 15.7. The van der Waals surface area contributed by atoms with Gasteiger partial charge in [-0.1, -0.05) is 84.9 Å². The van der Waals surface area contributed by atoms with Crippen LogP contribution >= 0.6 is 0 Å². The van der Waals surface area contributed by atoms with Crippen LogP contribution in [0, 0.1) is 0 Å². The monoisotopic (exact) mass is 366 g/mol. The molecule has 0 saturated heterocycles. The second-order valence-electron chi connectivity index (χ2n) is 6.76. The summed E-state index contributed by atoms with van der Waals surface area (Å²) in [6.07, 6.45) is 0. The van der Waals surface area contributed by atoms with E-state index < -0.39 is 5.41 Å². The highest BCUT2D eigenvalue weighted by molar-refractivity contribution is 5.60. The van der Waals surface area contributed by atoms with Crippen molar-refractivity contribution in [1.29, 1.82) is 0 Å². The molecule has 0 radical (unpaired) electrons. The Balaban J connectivity index is 2.09. The van der Waals surface area contributed by atoms with E-state index in [9.17, 15) is 5.11 Å². The number of hydrogen-bond donors (Lipinski definition) is 1. The molecule has 138 valence electrons. The van der Waals surface area contributed by atoms with Crippen molar-refractivity contribution in [2.45, 2.75) is 5.41 Å². The van der Waals surface area contributed by atoms with Crippen LogP contribution < -0.4 is 4.74 Å². The predicted molar refractivity (Wildman–Crippen MR) is 113 cm³/mol. The Morgan fingerprint density at radius 1 is 0.536 bits per heavy atom. The number of ether oxygens (including phenoxy) is 1. The Bertz CT molecular complexity index is 982. The lowest BCUT2D eigenvalue weighted by molar-refractivity contribution is 0.414. The van der Waals surface area contributed by atoms with Gasteiger partial charge in [-0.25, -0.2) is 0 Å². The van der Waals surface area contributed by atoms with Gasteiger partial charge in [-0.15, -0.1) is 0 Å². The molecule has 2 heteroatoms. The third-order valence-corrected chi connectivity index (χ3v) is 5.24. The first-order chi connectivity index (χ1) is 13.7. The maximum atomic E-state index is 9.89. The van der Waals surface area contributed by atoms with E-state index in [1.165, 1.54) is 0 Å². The molecular weight excluding hydrogens is 344 g/mol. The first-order valence-corrected chi connectivity index (χ1v) is 9.30. The van der Waals surface area contributed by atoms with Crippen LogP contribution in [0.15, 0.2) is 109 Å². The molecule has 2 nitrogen and oxygen atoms in total. The molecule has 4 aromatic rings. The SMILES string of the molecule is COc1ccc(C(c2ccccc2)(c2ccccc2)c2ccc(O)cc2)cc1. The molecule has 0 aliphatic heterocycles. The maximum Gasteiger partial charge on any atom is 0.118 e. The van der Waals surface area contributed by atoms with Crippen molar-refractivity contribution in [2.24, 2.45) is 0 Å². The van der Waals surface area contributed by atoms with Gasteiger partial charge in [-0.2, -0.15) is 0 Å². The summed E-state index contributed by atoms with van der Waals surface area (Å²) < 4.78 is 5.38. The normalized spacial score (nSPS) is 11.2. The Morgan fingerprint density at radius 2 is 0.929 bits per heavy atom. The van der Waals surface area contributed by atoms with Crippen LogP contribution in [0.2, 0.25) is 0 Å². The number of methoxy groups -OCH3 is 1. The molecule has 0 bridgehead atoms. The van der Waals surface area contributed by atoms with Crippen LogP contribution in [0.1, 0.15) is 22.3 Å². The second kappa shape index (κ2) is 7.61. The molecular formula is C26H22O2. The highest BCUT2D eigenvalue weighted by atomic mass is 16.5. The van der Waals surface area contributed by atoms with Gasteiger partial charge in [-0.3, -0.25) is 0 Å². The van der Waals surface area contributed by atoms with Gasteiger partial charge in [0.15, 0.2) is 0 Å². The van der Waals surface area contributed by atoms with Crippen molar-refractivity contribution < 1.29 is 9.84 Å². The smallest absolute Gasteiger partial charge is 0.118 e. The summed E-state index contributed by atoms with van der Waals surface area (Å²) in [4.78, 5) is 0. The third-order valence-electron chi connectivity index (χ3n) is 5.24. The summed E-state index contributed by atoms with van der Waals surface area (Å²) in [5, 5.41) is 9.89. The first kappa shape index (κ1) is 17.9. The molecule has 0 saturated carbocycles. The van der Waals surface area contributed by atoms with Crippen LogP contribution in [0.25, 0.3) is 0 Å². The van der Waals surface area contributed by atoms with Crippen molar-refractivity contribution in [1.82, 2.24) is 0 Å². The Hall–Kier alpha value is -3.52. The maximum absolute atomic E-state index is 9.89. The third kappa shape index (κ3) is 3.03. The lowest BCUT2D eigenvalue weighted by atomic mass is 9.65. The minimum Gasteiger partial charge on any atom is -0.508 e. The molecule has 0 aromatic heterocycles. The quantitative estimate of drug-likeness (QED) is 0.453. The molecule has 0 aliphatic rings. The lowest BCUT2D eigenvalue weighted by Gasteiger charge is -2.37. The zero-order chi connectivity index (χ0) is 19.4. The highest BCUT2D eigenvalue weighted by Crippen LogP contribution is 2.45. The molecule has 0 fully saturated rings. The predicted octanol–water partition coefficient (Wildman–Crippen LogP) is 5.78. The van der Waals surface area contributed by atoms with Crippen LogP contribution in [-0.2, 0) is 5.41 Å². The minimum atomic E-state index is -0.511. The largest absolute Gasteiger partial charge is 0.508 e. The van der Waals surface area contributed by atoms with Gasteiger partial charge in [0.2, 0.25) is 0 Å². The first-order valence-electron chi connectivity index (χ1n) is 9.30. The number of phenols is 1. The molecule has 4 aromatic carbocycles. The van der Waals surface area contributed by atoms with E-state index in [4.69, 9.17) is 4.74 Å². The molecule has 0 aliphatic carbocycles. The number of phenolic OH excluding ortho intramolecular Hbond substituents is 1. The molecule has 1 N–H and O–H groups in total. The van der Waals surface area contributed by atoms with Crippen molar-refractivity contribution in [3.63, 3.8) is 0 Å².